The number of halogens is 1. The van der Waals surface area contributed by atoms with E-state index in [1.54, 1.807) is 23.5 Å². The SMILES string of the molecule is CCCOc1c(Cl)cc(C(=O)N2CCCN(c3nc(C)cs3)CC2)cc1OCC. The predicted octanol–water partition coefficient (Wildman–Crippen LogP) is 4.64. The van der Waals surface area contributed by atoms with Crippen LogP contribution in [-0.4, -0.2) is 55.2 Å². The van der Waals surface area contributed by atoms with Crippen molar-refractivity contribution in [3.8, 4) is 11.5 Å². The third kappa shape index (κ3) is 5.34. The van der Waals surface area contributed by atoms with Crippen LogP contribution < -0.4 is 14.4 Å². The Morgan fingerprint density at radius 1 is 1.21 bits per heavy atom. The lowest BCUT2D eigenvalue weighted by Gasteiger charge is -2.22. The number of carbonyl (C=O) groups excluding carboxylic acids is 1. The molecule has 3 rings (SSSR count). The largest absolute Gasteiger partial charge is 0.490 e. The molecule has 1 aliphatic rings. The van der Waals surface area contributed by atoms with Gasteiger partial charge in [-0.05, 0) is 38.8 Å². The van der Waals surface area contributed by atoms with Crippen LogP contribution in [-0.2, 0) is 0 Å². The van der Waals surface area contributed by atoms with E-state index in [2.05, 4.69) is 15.3 Å². The fourth-order valence-electron chi connectivity index (χ4n) is 3.28. The summed E-state index contributed by atoms with van der Waals surface area (Å²) in [5.74, 6) is 0.992. The highest BCUT2D eigenvalue weighted by atomic mass is 35.5. The molecule has 0 atom stereocenters. The number of anilines is 1. The molecule has 6 nitrogen and oxygen atoms in total. The Morgan fingerprint density at radius 3 is 2.72 bits per heavy atom. The summed E-state index contributed by atoms with van der Waals surface area (Å²) < 4.78 is 11.4. The van der Waals surface area contributed by atoms with Gasteiger partial charge in [-0.3, -0.25) is 4.79 Å². The van der Waals surface area contributed by atoms with Gasteiger partial charge in [0.15, 0.2) is 16.6 Å². The summed E-state index contributed by atoms with van der Waals surface area (Å²) in [6, 6.07) is 3.43. The van der Waals surface area contributed by atoms with Crippen molar-refractivity contribution < 1.29 is 14.3 Å². The monoisotopic (exact) mass is 437 g/mol. The van der Waals surface area contributed by atoms with Gasteiger partial charge in [0.25, 0.3) is 5.91 Å². The Hall–Kier alpha value is -1.99. The average Bonchev–Trinajstić information content (AvgIpc) is 2.99. The first-order valence-electron chi connectivity index (χ1n) is 10.1. The number of nitrogens with zero attached hydrogens (tertiary/aromatic N) is 3. The normalized spacial score (nSPS) is 14.6. The number of carbonyl (C=O) groups is 1. The molecule has 8 heteroatoms. The van der Waals surface area contributed by atoms with Gasteiger partial charge in [0.1, 0.15) is 0 Å². The van der Waals surface area contributed by atoms with E-state index in [1.807, 2.05) is 25.7 Å². The molecule has 2 aromatic rings. The standard InChI is InChI=1S/C21H28ClN3O3S/c1-4-11-28-19-17(22)12-16(13-18(19)27-5-2)20(26)24-7-6-8-25(10-9-24)21-23-15(3)14-29-21/h12-14H,4-11H2,1-3H3. The minimum atomic E-state index is -0.0351. The smallest absolute Gasteiger partial charge is 0.254 e. The molecule has 0 saturated carbocycles. The molecule has 0 bridgehead atoms. The zero-order valence-electron chi connectivity index (χ0n) is 17.2. The molecule has 0 N–H and O–H groups in total. The molecule has 1 saturated heterocycles. The molecule has 0 radical (unpaired) electrons. The van der Waals surface area contributed by atoms with Crippen molar-refractivity contribution in [1.82, 2.24) is 9.88 Å². The number of ether oxygens (including phenoxy) is 2. The second-order valence-corrected chi connectivity index (χ2v) is 8.21. The summed E-state index contributed by atoms with van der Waals surface area (Å²) in [5.41, 5.74) is 1.56. The van der Waals surface area contributed by atoms with Gasteiger partial charge in [0, 0.05) is 37.1 Å². The van der Waals surface area contributed by atoms with E-state index in [0.29, 0.717) is 48.4 Å². The highest BCUT2D eigenvalue weighted by Crippen LogP contribution is 2.37. The minimum Gasteiger partial charge on any atom is -0.490 e. The van der Waals surface area contributed by atoms with E-state index in [-0.39, 0.29) is 5.91 Å². The van der Waals surface area contributed by atoms with Crippen LogP contribution in [0.5, 0.6) is 11.5 Å². The van der Waals surface area contributed by atoms with E-state index in [9.17, 15) is 4.79 Å². The maximum Gasteiger partial charge on any atom is 0.254 e. The second kappa shape index (κ2) is 10.2. The Bertz CT molecular complexity index is 843. The second-order valence-electron chi connectivity index (χ2n) is 6.97. The van der Waals surface area contributed by atoms with Crippen molar-refractivity contribution in [2.75, 3.05) is 44.3 Å². The summed E-state index contributed by atoms with van der Waals surface area (Å²) in [5, 5.41) is 3.49. The van der Waals surface area contributed by atoms with Crippen LogP contribution >= 0.6 is 22.9 Å². The lowest BCUT2D eigenvalue weighted by Crippen LogP contribution is -2.35. The van der Waals surface area contributed by atoms with Crippen LogP contribution in [0.2, 0.25) is 5.02 Å². The first-order valence-corrected chi connectivity index (χ1v) is 11.3. The van der Waals surface area contributed by atoms with Crippen LogP contribution in [0.4, 0.5) is 5.13 Å². The van der Waals surface area contributed by atoms with Gasteiger partial charge in [-0.2, -0.15) is 0 Å². The van der Waals surface area contributed by atoms with Crippen LogP contribution in [0.3, 0.4) is 0 Å². The van der Waals surface area contributed by atoms with Gasteiger partial charge >= 0.3 is 0 Å². The van der Waals surface area contributed by atoms with Gasteiger partial charge in [-0.25, -0.2) is 4.98 Å². The van der Waals surface area contributed by atoms with Crippen molar-refractivity contribution >= 4 is 34.0 Å². The summed E-state index contributed by atoms with van der Waals surface area (Å²) in [7, 11) is 0. The maximum absolute atomic E-state index is 13.2. The summed E-state index contributed by atoms with van der Waals surface area (Å²) in [4.78, 5) is 21.9. The van der Waals surface area contributed by atoms with Crippen molar-refractivity contribution in [1.29, 1.82) is 0 Å². The Labute approximate surface area is 181 Å². The fourth-order valence-corrected chi connectivity index (χ4v) is 4.40. The zero-order valence-corrected chi connectivity index (χ0v) is 18.8. The lowest BCUT2D eigenvalue weighted by molar-refractivity contribution is 0.0766. The van der Waals surface area contributed by atoms with E-state index in [4.69, 9.17) is 21.1 Å². The number of rotatable bonds is 7. The molecule has 1 aromatic heterocycles. The number of hydrogen-bond donors (Lipinski definition) is 0. The number of benzene rings is 1. The van der Waals surface area contributed by atoms with Crippen LogP contribution in [0.25, 0.3) is 0 Å². The van der Waals surface area contributed by atoms with Crippen molar-refractivity contribution in [3.63, 3.8) is 0 Å². The van der Waals surface area contributed by atoms with Crippen molar-refractivity contribution in [2.24, 2.45) is 0 Å². The quantitative estimate of drug-likeness (QED) is 0.631. The Morgan fingerprint density at radius 2 is 2.03 bits per heavy atom. The number of thiazole rings is 1. The van der Waals surface area contributed by atoms with Crippen LogP contribution in [0.15, 0.2) is 17.5 Å². The van der Waals surface area contributed by atoms with Crippen LogP contribution in [0, 0.1) is 6.92 Å². The first kappa shape index (κ1) is 21.7. The molecule has 0 spiro atoms. The molecule has 1 aromatic carbocycles. The third-order valence-corrected chi connectivity index (χ3v) is 5.97. The van der Waals surface area contributed by atoms with E-state index in [1.165, 1.54) is 0 Å². The summed E-state index contributed by atoms with van der Waals surface area (Å²) in [6.45, 7) is 9.96. The molecular formula is C21H28ClN3O3S. The molecule has 29 heavy (non-hydrogen) atoms. The lowest BCUT2D eigenvalue weighted by atomic mass is 10.1. The molecule has 2 heterocycles. The zero-order chi connectivity index (χ0) is 20.8. The number of aryl methyl sites for hydroxylation is 1. The van der Waals surface area contributed by atoms with Gasteiger partial charge in [0.05, 0.1) is 23.9 Å². The molecule has 1 fully saturated rings. The highest BCUT2D eigenvalue weighted by molar-refractivity contribution is 7.13. The van der Waals surface area contributed by atoms with E-state index < -0.39 is 0 Å². The average molecular weight is 438 g/mol. The van der Waals surface area contributed by atoms with Crippen molar-refractivity contribution in [3.05, 3.63) is 33.8 Å². The summed E-state index contributed by atoms with van der Waals surface area (Å²) >= 11 is 8.09. The number of aromatic nitrogens is 1. The molecule has 158 valence electrons. The maximum atomic E-state index is 13.2. The first-order chi connectivity index (χ1) is 14.0. The molecule has 0 aliphatic carbocycles. The topological polar surface area (TPSA) is 54.9 Å². The Kier molecular flexibility index (Phi) is 7.61. The Balaban J connectivity index is 1.75. The fraction of sp³-hybridized carbons (Fsp3) is 0.524. The van der Waals surface area contributed by atoms with Gasteiger partial charge < -0.3 is 19.3 Å². The van der Waals surface area contributed by atoms with Gasteiger partial charge in [-0.1, -0.05) is 18.5 Å². The van der Waals surface area contributed by atoms with Crippen LogP contribution in [0.1, 0.15) is 42.7 Å². The van der Waals surface area contributed by atoms with Crippen molar-refractivity contribution in [2.45, 2.75) is 33.6 Å². The van der Waals surface area contributed by atoms with E-state index >= 15 is 0 Å². The predicted molar refractivity (Wildman–Crippen MR) is 118 cm³/mol. The molecule has 0 unspecified atom stereocenters. The van der Waals surface area contributed by atoms with Gasteiger partial charge in [-0.15, -0.1) is 11.3 Å². The van der Waals surface area contributed by atoms with E-state index in [0.717, 1.165) is 36.8 Å². The third-order valence-electron chi connectivity index (χ3n) is 4.67. The minimum absolute atomic E-state index is 0.0351. The highest BCUT2D eigenvalue weighted by Gasteiger charge is 2.24. The molecule has 1 amide bonds. The van der Waals surface area contributed by atoms with Gasteiger partial charge in [0.2, 0.25) is 0 Å². The number of amides is 1. The molecular weight excluding hydrogens is 410 g/mol. The number of hydrogen-bond acceptors (Lipinski definition) is 6. The molecule has 1 aliphatic heterocycles. The summed E-state index contributed by atoms with van der Waals surface area (Å²) in [6.07, 6.45) is 1.76.